The summed E-state index contributed by atoms with van der Waals surface area (Å²) in [5.74, 6) is -0.288. The second-order valence-electron chi connectivity index (χ2n) is 3.82. The van der Waals surface area contributed by atoms with Gasteiger partial charge in [-0.05, 0) is 30.0 Å². The van der Waals surface area contributed by atoms with Crippen molar-refractivity contribution in [3.05, 3.63) is 34.4 Å². The Kier molecular flexibility index (Phi) is 5.87. The molecular formula is C14H16BrNO2. The molecule has 1 rings (SSSR count). The molecule has 1 aromatic rings. The SMILES string of the molecule is CCOC(=O)Cc1c(CBr)ccc(CC)c1C#N. The Bertz CT molecular complexity index is 477. The molecule has 0 fully saturated rings. The number of nitriles is 1. The number of carbonyl (C=O) groups excluding carboxylic acids is 1. The summed E-state index contributed by atoms with van der Waals surface area (Å²) in [6, 6.07) is 6.12. The zero-order chi connectivity index (χ0) is 13.5. The molecule has 0 saturated carbocycles. The molecule has 0 aliphatic rings. The van der Waals surface area contributed by atoms with Crippen molar-refractivity contribution in [2.45, 2.75) is 32.0 Å². The average Bonchev–Trinajstić information content (AvgIpc) is 2.38. The van der Waals surface area contributed by atoms with Crippen LogP contribution in [-0.4, -0.2) is 12.6 Å². The van der Waals surface area contributed by atoms with Crippen molar-refractivity contribution in [3.8, 4) is 6.07 Å². The number of benzene rings is 1. The van der Waals surface area contributed by atoms with Crippen molar-refractivity contribution in [1.29, 1.82) is 5.26 Å². The van der Waals surface area contributed by atoms with Gasteiger partial charge in [0.05, 0.1) is 24.7 Å². The number of hydrogen-bond acceptors (Lipinski definition) is 3. The predicted octanol–water partition coefficient (Wildman–Crippen LogP) is 3.12. The number of esters is 1. The third-order valence-corrected chi connectivity index (χ3v) is 3.36. The van der Waals surface area contributed by atoms with Crippen molar-refractivity contribution in [1.82, 2.24) is 0 Å². The summed E-state index contributed by atoms with van der Waals surface area (Å²) in [5, 5.41) is 9.90. The standard InChI is InChI=1S/C14H16BrNO2/c1-3-10-5-6-11(8-15)12(13(10)9-16)7-14(17)18-4-2/h5-6H,3-4,7-8H2,1-2H3. The Balaban J connectivity index is 3.20. The van der Waals surface area contributed by atoms with Gasteiger partial charge in [0.25, 0.3) is 0 Å². The summed E-state index contributed by atoms with van der Waals surface area (Å²) >= 11 is 3.39. The summed E-state index contributed by atoms with van der Waals surface area (Å²) in [5.41, 5.74) is 3.34. The van der Waals surface area contributed by atoms with E-state index in [-0.39, 0.29) is 12.4 Å². The zero-order valence-electron chi connectivity index (χ0n) is 10.6. The first-order valence-electron chi connectivity index (χ1n) is 5.93. The minimum atomic E-state index is -0.288. The Hall–Kier alpha value is -1.34. The minimum Gasteiger partial charge on any atom is -0.466 e. The van der Waals surface area contributed by atoms with Gasteiger partial charge in [0.2, 0.25) is 0 Å². The van der Waals surface area contributed by atoms with Crippen molar-refractivity contribution in [3.63, 3.8) is 0 Å². The van der Waals surface area contributed by atoms with Crippen molar-refractivity contribution >= 4 is 21.9 Å². The van der Waals surface area contributed by atoms with E-state index >= 15 is 0 Å². The van der Waals surface area contributed by atoms with Gasteiger partial charge in [-0.25, -0.2) is 0 Å². The van der Waals surface area contributed by atoms with E-state index in [2.05, 4.69) is 22.0 Å². The van der Waals surface area contributed by atoms with Gasteiger partial charge in [-0.3, -0.25) is 4.79 Å². The lowest BCUT2D eigenvalue weighted by Gasteiger charge is -2.12. The summed E-state index contributed by atoms with van der Waals surface area (Å²) in [4.78, 5) is 11.6. The Morgan fingerprint density at radius 1 is 1.39 bits per heavy atom. The molecular weight excluding hydrogens is 294 g/mol. The lowest BCUT2D eigenvalue weighted by molar-refractivity contribution is -0.142. The lowest BCUT2D eigenvalue weighted by Crippen LogP contribution is -2.11. The highest BCUT2D eigenvalue weighted by molar-refractivity contribution is 9.08. The third kappa shape index (κ3) is 3.33. The Labute approximate surface area is 116 Å². The number of carbonyl (C=O) groups is 1. The molecule has 0 aliphatic heterocycles. The molecule has 1 aromatic carbocycles. The van der Waals surface area contributed by atoms with Crippen LogP contribution in [0.4, 0.5) is 0 Å². The van der Waals surface area contributed by atoms with Crippen LogP contribution in [0.25, 0.3) is 0 Å². The fourth-order valence-corrected chi connectivity index (χ4v) is 2.38. The van der Waals surface area contributed by atoms with Gasteiger partial charge >= 0.3 is 5.97 Å². The van der Waals surface area contributed by atoms with Crippen LogP contribution >= 0.6 is 15.9 Å². The van der Waals surface area contributed by atoms with Crippen LogP contribution in [0.1, 0.15) is 36.1 Å². The van der Waals surface area contributed by atoms with Gasteiger partial charge in [-0.2, -0.15) is 5.26 Å². The van der Waals surface area contributed by atoms with Crippen molar-refractivity contribution in [2.75, 3.05) is 6.61 Å². The van der Waals surface area contributed by atoms with E-state index in [1.54, 1.807) is 6.92 Å². The van der Waals surface area contributed by atoms with Gasteiger partial charge in [-0.15, -0.1) is 0 Å². The van der Waals surface area contributed by atoms with Gasteiger partial charge in [0.1, 0.15) is 0 Å². The third-order valence-electron chi connectivity index (χ3n) is 2.76. The minimum absolute atomic E-state index is 0.158. The number of ether oxygens (including phenoxy) is 1. The molecule has 96 valence electrons. The average molecular weight is 310 g/mol. The van der Waals surface area contributed by atoms with Crippen molar-refractivity contribution in [2.24, 2.45) is 0 Å². The molecule has 0 saturated heterocycles. The van der Waals surface area contributed by atoms with Crippen LogP contribution in [-0.2, 0) is 27.7 Å². The number of aryl methyl sites for hydroxylation is 1. The summed E-state index contributed by atoms with van der Waals surface area (Å²) in [6.45, 7) is 4.13. The topological polar surface area (TPSA) is 50.1 Å². The highest BCUT2D eigenvalue weighted by atomic mass is 79.9. The molecule has 0 atom stereocenters. The lowest BCUT2D eigenvalue weighted by atomic mass is 9.94. The Morgan fingerprint density at radius 3 is 2.56 bits per heavy atom. The molecule has 0 radical (unpaired) electrons. The predicted molar refractivity (Wildman–Crippen MR) is 73.5 cm³/mol. The molecule has 0 spiro atoms. The molecule has 0 heterocycles. The van der Waals surface area contributed by atoms with Gasteiger partial charge in [-0.1, -0.05) is 35.0 Å². The van der Waals surface area contributed by atoms with E-state index in [1.165, 1.54) is 0 Å². The van der Waals surface area contributed by atoms with Gasteiger partial charge in [0, 0.05) is 5.33 Å². The van der Waals surface area contributed by atoms with Crippen LogP contribution in [0, 0.1) is 11.3 Å². The molecule has 0 unspecified atom stereocenters. The molecule has 4 heteroatoms. The molecule has 3 nitrogen and oxygen atoms in total. The van der Waals surface area contributed by atoms with E-state index in [1.807, 2.05) is 19.1 Å². The second kappa shape index (κ2) is 7.17. The number of hydrogen-bond donors (Lipinski definition) is 0. The first-order chi connectivity index (χ1) is 8.67. The normalized spacial score (nSPS) is 9.89. The van der Waals surface area contributed by atoms with E-state index in [0.29, 0.717) is 17.5 Å². The molecule has 0 bridgehead atoms. The zero-order valence-corrected chi connectivity index (χ0v) is 12.2. The number of halogens is 1. The molecule has 0 aromatic heterocycles. The maximum atomic E-state index is 11.6. The second-order valence-corrected chi connectivity index (χ2v) is 4.38. The number of rotatable bonds is 5. The quantitative estimate of drug-likeness (QED) is 0.620. The fourth-order valence-electron chi connectivity index (χ4n) is 1.86. The van der Waals surface area contributed by atoms with Crippen LogP contribution in [0.5, 0.6) is 0 Å². The van der Waals surface area contributed by atoms with Gasteiger partial charge < -0.3 is 4.74 Å². The smallest absolute Gasteiger partial charge is 0.310 e. The van der Waals surface area contributed by atoms with Gasteiger partial charge in [0.15, 0.2) is 0 Å². The van der Waals surface area contributed by atoms with E-state index in [0.717, 1.165) is 23.1 Å². The van der Waals surface area contributed by atoms with Crippen LogP contribution in [0.3, 0.4) is 0 Å². The Morgan fingerprint density at radius 2 is 2.06 bits per heavy atom. The van der Waals surface area contributed by atoms with Crippen LogP contribution < -0.4 is 0 Å². The van der Waals surface area contributed by atoms with Crippen molar-refractivity contribution < 1.29 is 9.53 Å². The van der Waals surface area contributed by atoms with E-state index < -0.39 is 0 Å². The van der Waals surface area contributed by atoms with E-state index in [4.69, 9.17) is 4.74 Å². The maximum Gasteiger partial charge on any atom is 0.310 e. The first-order valence-corrected chi connectivity index (χ1v) is 7.05. The monoisotopic (exact) mass is 309 g/mol. The molecule has 0 aliphatic carbocycles. The molecule has 0 N–H and O–H groups in total. The van der Waals surface area contributed by atoms with Crippen LogP contribution in [0.15, 0.2) is 12.1 Å². The number of nitrogens with zero attached hydrogens (tertiary/aromatic N) is 1. The highest BCUT2D eigenvalue weighted by Crippen LogP contribution is 2.22. The molecule has 0 amide bonds. The summed E-state index contributed by atoms with van der Waals surface area (Å²) in [6.07, 6.45) is 0.937. The highest BCUT2D eigenvalue weighted by Gasteiger charge is 2.15. The summed E-state index contributed by atoms with van der Waals surface area (Å²) in [7, 11) is 0. The van der Waals surface area contributed by atoms with Crippen LogP contribution in [0.2, 0.25) is 0 Å². The largest absolute Gasteiger partial charge is 0.466 e. The fraction of sp³-hybridized carbons (Fsp3) is 0.429. The number of alkyl halides is 1. The first kappa shape index (κ1) is 14.7. The summed E-state index contributed by atoms with van der Waals surface area (Å²) < 4.78 is 4.95. The maximum absolute atomic E-state index is 11.6. The van der Waals surface area contributed by atoms with E-state index in [9.17, 15) is 10.1 Å². The molecule has 18 heavy (non-hydrogen) atoms.